The molecule has 108 valence electrons. The molecular formula is C13H21NO5. The molecule has 2 heterocycles. The van der Waals surface area contributed by atoms with Crippen molar-refractivity contribution in [3.63, 3.8) is 0 Å². The highest BCUT2D eigenvalue weighted by atomic mass is 16.6. The average Bonchev–Trinajstić information content (AvgIpc) is 2.25. The number of aliphatic carboxylic acids is 1. The molecule has 2 unspecified atom stereocenters. The van der Waals surface area contributed by atoms with Crippen LogP contribution < -0.4 is 0 Å². The number of aliphatic hydroxyl groups excluding tert-OH is 1. The SMILES string of the molecule is CC(C)(C)OC(=O)N1C2CC[C@@H](C1C(=O)O)[C@H](O)C2. The van der Waals surface area contributed by atoms with Crippen LogP contribution in [0.5, 0.6) is 0 Å². The highest BCUT2D eigenvalue weighted by Gasteiger charge is 2.52. The second-order valence-electron chi connectivity index (χ2n) is 6.37. The number of hydrogen-bond donors (Lipinski definition) is 2. The summed E-state index contributed by atoms with van der Waals surface area (Å²) in [5.74, 6) is -1.46. The first kappa shape index (κ1) is 14.1. The minimum atomic E-state index is -1.07. The Morgan fingerprint density at radius 2 is 1.89 bits per heavy atom. The molecule has 3 fully saturated rings. The van der Waals surface area contributed by atoms with Crippen LogP contribution in [0.4, 0.5) is 4.79 Å². The van der Waals surface area contributed by atoms with Crippen molar-refractivity contribution in [1.29, 1.82) is 0 Å². The van der Waals surface area contributed by atoms with Crippen molar-refractivity contribution in [3.8, 4) is 0 Å². The van der Waals surface area contributed by atoms with Crippen LogP contribution in [0.3, 0.4) is 0 Å². The third kappa shape index (κ3) is 2.68. The molecule has 2 aliphatic heterocycles. The molecule has 2 bridgehead atoms. The molecule has 2 N–H and O–H groups in total. The van der Waals surface area contributed by atoms with Gasteiger partial charge in [0.15, 0.2) is 0 Å². The van der Waals surface area contributed by atoms with E-state index in [1.807, 2.05) is 0 Å². The van der Waals surface area contributed by atoms with E-state index in [1.165, 1.54) is 4.90 Å². The number of carbonyl (C=O) groups excluding carboxylic acids is 1. The van der Waals surface area contributed by atoms with Crippen LogP contribution in [0.15, 0.2) is 0 Å². The van der Waals surface area contributed by atoms with Crippen molar-refractivity contribution in [3.05, 3.63) is 0 Å². The van der Waals surface area contributed by atoms with Gasteiger partial charge in [0.05, 0.1) is 6.10 Å². The van der Waals surface area contributed by atoms with E-state index in [4.69, 9.17) is 4.74 Å². The van der Waals surface area contributed by atoms with Crippen molar-refractivity contribution < 1.29 is 24.5 Å². The van der Waals surface area contributed by atoms with Gasteiger partial charge in [0.1, 0.15) is 11.6 Å². The van der Waals surface area contributed by atoms with Gasteiger partial charge in [-0.05, 0) is 40.0 Å². The number of carboxylic acid groups (broad SMARTS) is 1. The van der Waals surface area contributed by atoms with E-state index in [2.05, 4.69) is 0 Å². The molecule has 0 aromatic heterocycles. The predicted octanol–water partition coefficient (Wildman–Crippen LogP) is 1.22. The number of hydrogen-bond acceptors (Lipinski definition) is 4. The standard InChI is InChI=1S/C13H21NO5/c1-13(2,3)19-12(18)14-7-4-5-8(9(15)6-7)10(14)11(16)17/h7-10,15H,4-6H2,1-3H3,(H,16,17)/t7?,8-,9-,10?/m1/s1. The average molecular weight is 271 g/mol. The van der Waals surface area contributed by atoms with Gasteiger partial charge in [-0.2, -0.15) is 0 Å². The predicted molar refractivity (Wildman–Crippen MR) is 66.6 cm³/mol. The quantitative estimate of drug-likeness (QED) is 0.748. The lowest BCUT2D eigenvalue weighted by Gasteiger charge is -2.51. The molecule has 3 aliphatic rings. The minimum absolute atomic E-state index is 0.240. The van der Waals surface area contributed by atoms with Crippen molar-refractivity contribution in [1.82, 2.24) is 4.90 Å². The van der Waals surface area contributed by atoms with E-state index in [0.29, 0.717) is 12.8 Å². The molecule has 19 heavy (non-hydrogen) atoms. The maximum absolute atomic E-state index is 12.2. The van der Waals surface area contributed by atoms with Crippen LogP contribution in [0.1, 0.15) is 40.0 Å². The number of piperidine rings is 2. The molecule has 6 nitrogen and oxygen atoms in total. The van der Waals surface area contributed by atoms with Crippen molar-refractivity contribution in [2.75, 3.05) is 0 Å². The van der Waals surface area contributed by atoms with E-state index in [0.717, 1.165) is 6.42 Å². The molecule has 0 spiro atoms. The van der Waals surface area contributed by atoms with E-state index in [1.54, 1.807) is 20.8 Å². The molecule has 2 saturated heterocycles. The molecule has 0 aromatic rings. The first-order valence-electron chi connectivity index (χ1n) is 6.63. The van der Waals surface area contributed by atoms with Gasteiger partial charge in [0.25, 0.3) is 0 Å². The lowest BCUT2D eigenvalue weighted by atomic mass is 9.73. The first-order valence-corrected chi connectivity index (χ1v) is 6.63. The third-order valence-corrected chi connectivity index (χ3v) is 3.80. The number of ether oxygens (including phenoxy) is 1. The van der Waals surface area contributed by atoms with Gasteiger partial charge in [0, 0.05) is 12.0 Å². The van der Waals surface area contributed by atoms with Crippen molar-refractivity contribution in [2.24, 2.45) is 5.92 Å². The maximum Gasteiger partial charge on any atom is 0.411 e. The van der Waals surface area contributed by atoms with Crippen molar-refractivity contribution >= 4 is 12.1 Å². The summed E-state index contributed by atoms with van der Waals surface area (Å²) in [5, 5.41) is 19.2. The smallest absolute Gasteiger partial charge is 0.411 e. The Morgan fingerprint density at radius 1 is 1.26 bits per heavy atom. The zero-order valence-corrected chi connectivity index (χ0v) is 11.5. The molecule has 1 saturated carbocycles. The third-order valence-electron chi connectivity index (χ3n) is 3.80. The van der Waals surface area contributed by atoms with E-state index in [9.17, 15) is 19.8 Å². The minimum Gasteiger partial charge on any atom is -0.480 e. The molecule has 0 aromatic carbocycles. The molecule has 6 heteroatoms. The van der Waals surface area contributed by atoms with Crippen LogP contribution in [0.25, 0.3) is 0 Å². The number of carboxylic acids is 1. The Bertz CT molecular complexity index is 389. The molecule has 1 amide bonds. The molecule has 4 atom stereocenters. The van der Waals surface area contributed by atoms with Crippen LogP contribution in [-0.2, 0) is 9.53 Å². The number of nitrogens with zero attached hydrogens (tertiary/aromatic N) is 1. The molecular weight excluding hydrogens is 250 g/mol. The monoisotopic (exact) mass is 271 g/mol. The van der Waals surface area contributed by atoms with Crippen LogP contribution >= 0.6 is 0 Å². The van der Waals surface area contributed by atoms with Crippen LogP contribution in [0.2, 0.25) is 0 Å². The molecule has 1 aliphatic carbocycles. The summed E-state index contributed by atoms with van der Waals surface area (Å²) in [6.07, 6.45) is 0.570. The second kappa shape index (κ2) is 4.67. The first-order chi connectivity index (χ1) is 8.70. The fourth-order valence-electron chi connectivity index (χ4n) is 3.08. The summed E-state index contributed by atoms with van der Waals surface area (Å²) >= 11 is 0. The Kier molecular flexibility index (Phi) is 3.47. The van der Waals surface area contributed by atoms with E-state index in [-0.39, 0.29) is 6.04 Å². The van der Waals surface area contributed by atoms with Gasteiger partial charge in [-0.15, -0.1) is 0 Å². The van der Waals surface area contributed by atoms with Gasteiger partial charge in [-0.25, -0.2) is 9.59 Å². The number of fused-ring (bicyclic) bond motifs is 3. The Labute approximate surface area is 112 Å². The normalized spacial score (nSPS) is 34.2. The second-order valence-corrected chi connectivity index (χ2v) is 6.37. The van der Waals surface area contributed by atoms with Crippen LogP contribution in [0, 0.1) is 5.92 Å². The van der Waals surface area contributed by atoms with Gasteiger partial charge in [0.2, 0.25) is 0 Å². The number of amides is 1. The van der Waals surface area contributed by atoms with Gasteiger partial charge in [-0.3, -0.25) is 4.90 Å². The Hall–Kier alpha value is -1.30. The summed E-state index contributed by atoms with van der Waals surface area (Å²) in [6.45, 7) is 5.24. The zero-order valence-electron chi connectivity index (χ0n) is 11.5. The fourth-order valence-corrected chi connectivity index (χ4v) is 3.08. The largest absolute Gasteiger partial charge is 0.480 e. The van der Waals surface area contributed by atoms with Gasteiger partial charge >= 0.3 is 12.1 Å². The molecule has 0 radical (unpaired) electrons. The summed E-state index contributed by atoms with van der Waals surface area (Å²) in [7, 11) is 0. The number of carbonyl (C=O) groups is 2. The molecule has 3 rings (SSSR count). The van der Waals surface area contributed by atoms with Crippen molar-refractivity contribution in [2.45, 2.75) is 63.8 Å². The summed E-state index contributed by atoms with van der Waals surface area (Å²) in [6, 6.07) is -1.21. The van der Waals surface area contributed by atoms with Crippen LogP contribution in [-0.4, -0.2) is 51.0 Å². The number of rotatable bonds is 1. The van der Waals surface area contributed by atoms with E-state index < -0.39 is 35.7 Å². The Morgan fingerprint density at radius 3 is 2.37 bits per heavy atom. The topological polar surface area (TPSA) is 87.1 Å². The summed E-state index contributed by atoms with van der Waals surface area (Å²) in [4.78, 5) is 24.9. The fraction of sp³-hybridized carbons (Fsp3) is 0.846. The summed E-state index contributed by atoms with van der Waals surface area (Å²) in [5.41, 5.74) is -0.657. The van der Waals surface area contributed by atoms with Gasteiger partial charge < -0.3 is 14.9 Å². The van der Waals surface area contributed by atoms with E-state index >= 15 is 0 Å². The Balaban J connectivity index is 2.22. The highest BCUT2D eigenvalue weighted by molar-refractivity contribution is 5.81. The maximum atomic E-state index is 12.2. The summed E-state index contributed by atoms with van der Waals surface area (Å²) < 4.78 is 5.29. The highest BCUT2D eigenvalue weighted by Crippen LogP contribution is 2.40. The number of aliphatic hydroxyl groups is 1. The lowest BCUT2D eigenvalue weighted by Crippen LogP contribution is -2.65. The zero-order chi connectivity index (χ0) is 14.4. The lowest BCUT2D eigenvalue weighted by molar-refractivity contribution is -0.159. The van der Waals surface area contributed by atoms with Gasteiger partial charge in [-0.1, -0.05) is 0 Å².